The summed E-state index contributed by atoms with van der Waals surface area (Å²) in [4.78, 5) is 11.5. The van der Waals surface area contributed by atoms with Crippen molar-refractivity contribution in [3.8, 4) is 0 Å². The summed E-state index contributed by atoms with van der Waals surface area (Å²) in [5.41, 5.74) is 0. The van der Waals surface area contributed by atoms with E-state index < -0.39 is 5.91 Å². The third-order valence-corrected chi connectivity index (χ3v) is 2.48. The average molecular weight is 245 g/mol. The summed E-state index contributed by atoms with van der Waals surface area (Å²) in [6.45, 7) is 1.73. The van der Waals surface area contributed by atoms with Gasteiger partial charge in [0.05, 0.1) is 0 Å². The Morgan fingerprint density at radius 2 is 2.40 bits per heavy atom. The minimum atomic E-state index is -0.410. The molecule has 0 aliphatic carbocycles. The molecule has 0 aliphatic heterocycles. The minimum absolute atomic E-state index is 0.181. The summed E-state index contributed by atoms with van der Waals surface area (Å²) in [5.74, 6) is 0.539. The predicted molar refractivity (Wildman–Crippen MR) is 54.1 cm³/mol. The quantitative estimate of drug-likeness (QED) is 0.870. The van der Waals surface area contributed by atoms with Crippen molar-refractivity contribution in [2.75, 3.05) is 5.32 Å². The Morgan fingerprint density at radius 1 is 1.60 bits per heavy atom. The SMILES string of the molecule is Cc1cc(NC(=O)c2nnc(Cl)s2)no1. The minimum Gasteiger partial charge on any atom is -0.360 e. The first-order valence-electron chi connectivity index (χ1n) is 3.89. The molecular formula is C7H5ClN4O2S. The highest BCUT2D eigenvalue weighted by molar-refractivity contribution is 7.17. The van der Waals surface area contributed by atoms with Crippen molar-refractivity contribution in [1.82, 2.24) is 15.4 Å². The second-order valence-electron chi connectivity index (χ2n) is 2.64. The van der Waals surface area contributed by atoms with E-state index in [0.29, 0.717) is 11.6 Å². The molecule has 0 saturated heterocycles. The number of aryl methyl sites for hydroxylation is 1. The fourth-order valence-electron chi connectivity index (χ4n) is 0.892. The highest BCUT2D eigenvalue weighted by atomic mass is 35.5. The first-order chi connectivity index (χ1) is 7.15. The van der Waals surface area contributed by atoms with Gasteiger partial charge in [0.25, 0.3) is 5.91 Å². The molecule has 2 rings (SSSR count). The molecule has 0 atom stereocenters. The third kappa shape index (κ3) is 2.31. The molecule has 0 radical (unpaired) electrons. The lowest BCUT2D eigenvalue weighted by molar-refractivity contribution is 0.102. The van der Waals surface area contributed by atoms with Gasteiger partial charge in [0.15, 0.2) is 5.82 Å². The lowest BCUT2D eigenvalue weighted by atomic mass is 10.5. The van der Waals surface area contributed by atoms with Crippen LogP contribution < -0.4 is 5.32 Å². The van der Waals surface area contributed by atoms with Gasteiger partial charge in [0, 0.05) is 6.07 Å². The standard InChI is InChI=1S/C7H5ClN4O2S/c1-3-2-4(12-14-3)9-5(13)6-10-11-7(8)15-6/h2H,1H3,(H,9,12,13). The number of aromatic nitrogens is 3. The molecule has 0 aromatic carbocycles. The van der Waals surface area contributed by atoms with Crippen molar-refractivity contribution in [3.63, 3.8) is 0 Å². The molecule has 0 fully saturated rings. The number of hydrogen-bond donors (Lipinski definition) is 1. The van der Waals surface area contributed by atoms with Gasteiger partial charge in [-0.1, -0.05) is 16.5 Å². The molecule has 1 N–H and O–H groups in total. The van der Waals surface area contributed by atoms with E-state index in [0.717, 1.165) is 11.3 Å². The van der Waals surface area contributed by atoms with E-state index in [1.807, 2.05) is 0 Å². The van der Waals surface area contributed by atoms with Crippen LogP contribution in [-0.2, 0) is 0 Å². The van der Waals surface area contributed by atoms with Crippen LogP contribution in [0.4, 0.5) is 5.82 Å². The maximum absolute atomic E-state index is 11.5. The van der Waals surface area contributed by atoms with Crippen LogP contribution in [0.1, 0.15) is 15.6 Å². The third-order valence-electron chi connectivity index (χ3n) is 1.46. The molecule has 15 heavy (non-hydrogen) atoms. The topological polar surface area (TPSA) is 80.9 Å². The fourth-order valence-corrected chi connectivity index (χ4v) is 1.62. The molecule has 0 aliphatic rings. The maximum atomic E-state index is 11.5. The molecule has 0 saturated carbocycles. The molecule has 2 aromatic rings. The molecule has 0 spiro atoms. The second-order valence-corrected chi connectivity index (χ2v) is 4.20. The van der Waals surface area contributed by atoms with Crippen molar-refractivity contribution in [2.45, 2.75) is 6.92 Å². The highest BCUT2D eigenvalue weighted by Gasteiger charge is 2.13. The number of amides is 1. The summed E-state index contributed by atoms with van der Waals surface area (Å²) in [6, 6.07) is 1.60. The molecule has 2 aromatic heterocycles. The molecule has 0 unspecified atom stereocenters. The molecule has 1 amide bonds. The Labute approximate surface area is 93.2 Å². The Morgan fingerprint density at radius 3 is 2.93 bits per heavy atom. The smallest absolute Gasteiger partial charge is 0.287 e. The molecule has 6 nitrogen and oxygen atoms in total. The highest BCUT2D eigenvalue weighted by Crippen LogP contribution is 2.16. The number of nitrogens with zero attached hydrogens (tertiary/aromatic N) is 3. The summed E-state index contributed by atoms with van der Waals surface area (Å²) < 4.78 is 5.00. The van der Waals surface area contributed by atoms with Crippen LogP contribution >= 0.6 is 22.9 Å². The number of nitrogens with one attached hydrogen (secondary N) is 1. The first kappa shape index (κ1) is 10.1. The van der Waals surface area contributed by atoms with Crippen molar-refractivity contribution in [2.24, 2.45) is 0 Å². The largest absolute Gasteiger partial charge is 0.360 e. The Balaban J connectivity index is 2.10. The number of rotatable bonds is 2. The van der Waals surface area contributed by atoms with Gasteiger partial charge in [0.2, 0.25) is 9.47 Å². The molecular weight excluding hydrogens is 240 g/mol. The lowest BCUT2D eigenvalue weighted by Crippen LogP contribution is -2.11. The van der Waals surface area contributed by atoms with Gasteiger partial charge in [-0.2, -0.15) is 0 Å². The van der Waals surface area contributed by atoms with Crippen molar-refractivity contribution < 1.29 is 9.32 Å². The molecule has 0 bridgehead atoms. The van der Waals surface area contributed by atoms with Gasteiger partial charge >= 0.3 is 0 Å². The summed E-state index contributed by atoms with van der Waals surface area (Å²) in [5, 5.41) is 13.4. The van der Waals surface area contributed by atoms with Crippen LogP contribution in [-0.4, -0.2) is 21.3 Å². The Kier molecular flexibility index (Phi) is 2.65. The van der Waals surface area contributed by atoms with Crippen LogP contribution in [0.15, 0.2) is 10.6 Å². The zero-order chi connectivity index (χ0) is 10.8. The Bertz CT molecular complexity index is 495. The van der Waals surface area contributed by atoms with Crippen LogP contribution in [0.5, 0.6) is 0 Å². The number of anilines is 1. The van der Waals surface area contributed by atoms with E-state index in [9.17, 15) is 4.79 Å². The molecule has 8 heteroatoms. The van der Waals surface area contributed by atoms with Crippen LogP contribution in [0.25, 0.3) is 0 Å². The predicted octanol–water partition coefficient (Wildman–Crippen LogP) is 1.74. The lowest BCUT2D eigenvalue weighted by Gasteiger charge is -1.94. The van der Waals surface area contributed by atoms with E-state index >= 15 is 0 Å². The van der Waals surface area contributed by atoms with Crippen molar-refractivity contribution >= 4 is 34.7 Å². The van der Waals surface area contributed by atoms with Crippen LogP contribution in [0, 0.1) is 6.92 Å². The van der Waals surface area contributed by atoms with Gasteiger partial charge in [0.1, 0.15) is 5.76 Å². The Hall–Kier alpha value is -1.47. The summed E-state index contributed by atoms with van der Waals surface area (Å²) in [7, 11) is 0. The first-order valence-corrected chi connectivity index (χ1v) is 5.08. The van der Waals surface area contributed by atoms with E-state index in [2.05, 4.69) is 20.7 Å². The number of halogens is 1. The zero-order valence-corrected chi connectivity index (χ0v) is 9.09. The second kappa shape index (κ2) is 3.95. The van der Waals surface area contributed by atoms with E-state index in [1.54, 1.807) is 13.0 Å². The summed E-state index contributed by atoms with van der Waals surface area (Å²) in [6.07, 6.45) is 0. The van der Waals surface area contributed by atoms with Crippen molar-refractivity contribution in [3.05, 3.63) is 21.3 Å². The normalized spacial score (nSPS) is 10.3. The van der Waals surface area contributed by atoms with Gasteiger partial charge in [-0.3, -0.25) is 4.79 Å². The summed E-state index contributed by atoms with van der Waals surface area (Å²) >= 11 is 6.54. The number of hydrogen-bond acceptors (Lipinski definition) is 6. The van der Waals surface area contributed by atoms with Crippen LogP contribution in [0.3, 0.4) is 0 Å². The molecule has 78 valence electrons. The van der Waals surface area contributed by atoms with E-state index in [1.165, 1.54) is 0 Å². The number of carbonyl (C=O) groups excluding carboxylic acids is 1. The van der Waals surface area contributed by atoms with Gasteiger partial charge in [-0.05, 0) is 18.5 Å². The monoisotopic (exact) mass is 244 g/mol. The van der Waals surface area contributed by atoms with Crippen LogP contribution in [0.2, 0.25) is 4.47 Å². The van der Waals surface area contributed by atoms with E-state index in [-0.39, 0.29) is 9.47 Å². The van der Waals surface area contributed by atoms with E-state index in [4.69, 9.17) is 16.1 Å². The van der Waals surface area contributed by atoms with Gasteiger partial charge in [-0.15, -0.1) is 10.2 Å². The molecule has 2 heterocycles. The van der Waals surface area contributed by atoms with Gasteiger partial charge in [-0.25, -0.2) is 0 Å². The number of carbonyl (C=O) groups is 1. The fraction of sp³-hybridized carbons (Fsp3) is 0.143. The maximum Gasteiger partial charge on any atom is 0.287 e. The zero-order valence-electron chi connectivity index (χ0n) is 7.52. The average Bonchev–Trinajstić information content (AvgIpc) is 2.75. The van der Waals surface area contributed by atoms with Gasteiger partial charge < -0.3 is 9.84 Å². The van der Waals surface area contributed by atoms with Crippen molar-refractivity contribution in [1.29, 1.82) is 0 Å².